The predicted octanol–water partition coefficient (Wildman–Crippen LogP) is 2.69. The molecule has 1 saturated carbocycles. The number of carbonyl (C=O) groups is 2. The fourth-order valence-electron chi connectivity index (χ4n) is 4.84. The molecule has 2 saturated heterocycles. The summed E-state index contributed by atoms with van der Waals surface area (Å²) in [5.74, 6) is 0.251. The minimum absolute atomic E-state index is 0.181. The lowest BCUT2D eigenvalue weighted by Gasteiger charge is -2.37. The van der Waals surface area contributed by atoms with Gasteiger partial charge in [-0.1, -0.05) is 32.1 Å². The maximum absolute atomic E-state index is 12.0. The molecule has 6 heteroatoms. The molecule has 1 unspecified atom stereocenters. The Hall–Kier alpha value is -1.95. The van der Waals surface area contributed by atoms with Crippen LogP contribution in [-0.4, -0.2) is 54.4 Å². The van der Waals surface area contributed by atoms with Gasteiger partial charge in [-0.25, -0.2) is 0 Å². The quantitative estimate of drug-likeness (QED) is 0.791. The summed E-state index contributed by atoms with van der Waals surface area (Å²) in [6, 6.07) is 4.02. The Morgan fingerprint density at radius 2 is 1.79 bits per heavy atom. The van der Waals surface area contributed by atoms with Gasteiger partial charge in [-0.15, -0.1) is 0 Å². The summed E-state index contributed by atoms with van der Waals surface area (Å²) in [4.78, 5) is 32.9. The van der Waals surface area contributed by atoms with Crippen molar-refractivity contribution in [3.63, 3.8) is 0 Å². The topological polar surface area (TPSA) is 65.5 Å². The number of hydrogen-bond acceptors (Lipinski definition) is 5. The molecule has 4 rings (SSSR count). The first-order chi connectivity index (χ1) is 13.7. The van der Waals surface area contributed by atoms with Gasteiger partial charge in [0.1, 0.15) is 0 Å². The third-order valence-corrected chi connectivity index (χ3v) is 6.68. The first-order valence-electron chi connectivity index (χ1n) is 11.0. The zero-order chi connectivity index (χ0) is 19.3. The number of piperidine rings is 1. The summed E-state index contributed by atoms with van der Waals surface area (Å²) in [5.41, 5.74) is 1.89. The number of piperazine rings is 1. The van der Waals surface area contributed by atoms with Gasteiger partial charge in [0, 0.05) is 32.6 Å². The van der Waals surface area contributed by atoms with Crippen molar-refractivity contribution in [3.8, 4) is 0 Å². The van der Waals surface area contributed by atoms with Crippen molar-refractivity contribution in [2.45, 2.75) is 57.3 Å². The zero-order valence-corrected chi connectivity index (χ0v) is 16.7. The maximum Gasteiger partial charge on any atom is 0.235 e. The first-order valence-corrected chi connectivity index (χ1v) is 11.0. The molecule has 6 nitrogen and oxygen atoms in total. The van der Waals surface area contributed by atoms with Gasteiger partial charge in [0.25, 0.3) is 0 Å². The Morgan fingerprint density at radius 1 is 1.00 bits per heavy atom. The maximum atomic E-state index is 12.0. The molecule has 1 N–H and O–H groups in total. The molecule has 2 amide bonds. The molecule has 1 atom stereocenters. The summed E-state index contributed by atoms with van der Waals surface area (Å²) in [5, 5.41) is 2.41. The molecule has 0 spiro atoms. The van der Waals surface area contributed by atoms with Crippen LogP contribution in [0.3, 0.4) is 0 Å². The van der Waals surface area contributed by atoms with Crippen LogP contribution in [0.15, 0.2) is 18.3 Å². The van der Waals surface area contributed by atoms with Crippen molar-refractivity contribution in [3.05, 3.63) is 24.0 Å². The fourth-order valence-corrected chi connectivity index (χ4v) is 4.84. The van der Waals surface area contributed by atoms with Crippen molar-refractivity contribution in [2.24, 2.45) is 5.92 Å². The van der Waals surface area contributed by atoms with E-state index in [9.17, 15) is 9.59 Å². The van der Waals surface area contributed by atoms with Crippen LogP contribution in [0.5, 0.6) is 0 Å². The number of hydrogen-bond donors (Lipinski definition) is 1. The molecule has 2 aliphatic heterocycles. The smallest absolute Gasteiger partial charge is 0.235 e. The Bertz CT molecular complexity index is 676. The number of aromatic nitrogens is 1. The van der Waals surface area contributed by atoms with Crippen molar-refractivity contribution >= 4 is 17.5 Å². The molecule has 3 fully saturated rings. The van der Waals surface area contributed by atoms with E-state index in [2.05, 4.69) is 26.2 Å². The van der Waals surface area contributed by atoms with Crippen LogP contribution in [0.1, 0.15) is 63.0 Å². The van der Waals surface area contributed by atoms with E-state index in [4.69, 9.17) is 0 Å². The Labute approximate surface area is 167 Å². The van der Waals surface area contributed by atoms with E-state index in [0.29, 0.717) is 12.8 Å². The van der Waals surface area contributed by atoms with Crippen molar-refractivity contribution < 1.29 is 9.59 Å². The van der Waals surface area contributed by atoms with E-state index in [0.717, 1.165) is 43.5 Å². The highest BCUT2D eigenvalue weighted by Gasteiger charge is 2.29. The van der Waals surface area contributed by atoms with Gasteiger partial charge in [0.15, 0.2) is 0 Å². The highest BCUT2D eigenvalue weighted by atomic mass is 16.2. The van der Waals surface area contributed by atoms with Gasteiger partial charge in [-0.05, 0) is 37.4 Å². The Kier molecular flexibility index (Phi) is 6.25. The standard InChI is InChI=1S/C22H32N4O2/c27-21-9-7-19(22(28)24-21)20-8-6-18(16-23-20)26-14-12-25(13-15-26)11-10-17-4-2-1-3-5-17/h6,8,16-17,19H,1-5,7,9-15H2,(H,24,27,28). The molecular formula is C22H32N4O2. The van der Waals surface area contributed by atoms with Gasteiger partial charge in [-0.2, -0.15) is 0 Å². The summed E-state index contributed by atoms with van der Waals surface area (Å²) in [6.45, 7) is 5.53. The average molecular weight is 385 g/mol. The van der Waals surface area contributed by atoms with E-state index in [-0.39, 0.29) is 17.7 Å². The first kappa shape index (κ1) is 19.4. The second-order valence-electron chi connectivity index (χ2n) is 8.57. The lowest BCUT2D eigenvalue weighted by atomic mass is 9.87. The molecule has 1 aromatic rings. The van der Waals surface area contributed by atoms with Gasteiger partial charge in [-0.3, -0.25) is 24.8 Å². The van der Waals surface area contributed by atoms with Crippen molar-refractivity contribution in [1.29, 1.82) is 0 Å². The molecule has 152 valence electrons. The predicted molar refractivity (Wildman–Crippen MR) is 109 cm³/mol. The molecule has 0 aromatic carbocycles. The summed E-state index contributed by atoms with van der Waals surface area (Å²) in [6.07, 6.45) is 11.4. The van der Waals surface area contributed by atoms with Crippen LogP contribution in [0.2, 0.25) is 0 Å². The number of nitrogens with one attached hydrogen (secondary N) is 1. The van der Waals surface area contributed by atoms with Crippen molar-refractivity contribution in [1.82, 2.24) is 15.2 Å². The number of nitrogens with zero attached hydrogens (tertiary/aromatic N) is 3. The molecular weight excluding hydrogens is 352 g/mol. The number of anilines is 1. The van der Waals surface area contributed by atoms with Crippen LogP contribution in [0.25, 0.3) is 0 Å². The highest BCUT2D eigenvalue weighted by molar-refractivity contribution is 6.00. The fraction of sp³-hybridized carbons (Fsp3) is 0.682. The van der Waals surface area contributed by atoms with Crippen LogP contribution >= 0.6 is 0 Å². The largest absolute Gasteiger partial charge is 0.368 e. The third kappa shape index (κ3) is 4.72. The van der Waals surface area contributed by atoms with Crippen LogP contribution in [0.4, 0.5) is 5.69 Å². The van der Waals surface area contributed by atoms with E-state index in [1.54, 1.807) is 0 Å². The summed E-state index contributed by atoms with van der Waals surface area (Å²) >= 11 is 0. The second-order valence-corrected chi connectivity index (χ2v) is 8.57. The number of rotatable bonds is 5. The minimum Gasteiger partial charge on any atom is -0.368 e. The lowest BCUT2D eigenvalue weighted by Crippen LogP contribution is -2.47. The number of imide groups is 1. The SMILES string of the molecule is O=C1CCC(c2ccc(N3CCN(CCC4CCCCC4)CC3)cn2)C(=O)N1. The number of carbonyl (C=O) groups excluding carboxylic acids is 2. The number of pyridine rings is 1. The van der Waals surface area contributed by atoms with E-state index in [1.807, 2.05) is 12.3 Å². The summed E-state index contributed by atoms with van der Waals surface area (Å²) < 4.78 is 0. The molecule has 0 radical (unpaired) electrons. The molecule has 3 heterocycles. The zero-order valence-electron chi connectivity index (χ0n) is 16.7. The highest BCUT2D eigenvalue weighted by Crippen LogP contribution is 2.27. The van der Waals surface area contributed by atoms with Crippen LogP contribution < -0.4 is 10.2 Å². The van der Waals surface area contributed by atoms with E-state index < -0.39 is 0 Å². The van der Waals surface area contributed by atoms with E-state index >= 15 is 0 Å². The molecule has 28 heavy (non-hydrogen) atoms. The van der Waals surface area contributed by atoms with Crippen LogP contribution in [0, 0.1) is 5.92 Å². The molecule has 1 aromatic heterocycles. The normalized spacial score (nSPS) is 25.0. The lowest BCUT2D eigenvalue weighted by molar-refractivity contribution is -0.134. The average Bonchev–Trinajstić information content (AvgIpc) is 2.74. The van der Waals surface area contributed by atoms with Crippen molar-refractivity contribution in [2.75, 3.05) is 37.6 Å². The van der Waals surface area contributed by atoms with E-state index in [1.165, 1.54) is 45.1 Å². The minimum atomic E-state index is -0.302. The summed E-state index contributed by atoms with van der Waals surface area (Å²) in [7, 11) is 0. The monoisotopic (exact) mass is 384 g/mol. The van der Waals surface area contributed by atoms with Gasteiger partial charge in [0.2, 0.25) is 11.8 Å². The van der Waals surface area contributed by atoms with Gasteiger partial charge >= 0.3 is 0 Å². The molecule has 3 aliphatic rings. The van der Waals surface area contributed by atoms with Crippen LogP contribution in [-0.2, 0) is 9.59 Å². The number of amides is 2. The van der Waals surface area contributed by atoms with Gasteiger partial charge in [0.05, 0.1) is 23.5 Å². The Morgan fingerprint density at radius 3 is 2.46 bits per heavy atom. The van der Waals surface area contributed by atoms with Gasteiger partial charge < -0.3 is 4.90 Å². The second kappa shape index (κ2) is 9.03. The molecule has 0 bridgehead atoms. The third-order valence-electron chi connectivity index (χ3n) is 6.68. The molecule has 1 aliphatic carbocycles. The Balaban J connectivity index is 1.25.